The summed E-state index contributed by atoms with van der Waals surface area (Å²) in [6.45, 7) is 1.91. The molecule has 0 spiro atoms. The minimum atomic E-state index is -0.900. The van der Waals surface area contributed by atoms with Crippen molar-refractivity contribution in [2.75, 3.05) is 33.4 Å². The van der Waals surface area contributed by atoms with Gasteiger partial charge in [0.1, 0.15) is 11.5 Å². The van der Waals surface area contributed by atoms with Crippen LogP contribution in [0.25, 0.3) is 11.1 Å². The van der Waals surface area contributed by atoms with Crippen molar-refractivity contribution in [1.82, 2.24) is 4.90 Å². The highest BCUT2D eigenvalue weighted by molar-refractivity contribution is 5.83. The minimum Gasteiger partial charge on any atom is -0.497 e. The van der Waals surface area contributed by atoms with Gasteiger partial charge in [-0.15, -0.1) is 0 Å². The number of non-ortho nitro benzene ring substituents is 1. The van der Waals surface area contributed by atoms with Crippen LogP contribution in [-0.2, 0) is 9.53 Å². The van der Waals surface area contributed by atoms with E-state index in [0.717, 1.165) is 0 Å². The lowest BCUT2D eigenvalue weighted by molar-refractivity contribution is -0.384. The summed E-state index contributed by atoms with van der Waals surface area (Å²) in [6.07, 6.45) is -0.900. The Balaban J connectivity index is 1.74. The van der Waals surface area contributed by atoms with E-state index in [1.165, 1.54) is 12.1 Å². The molecule has 8 nitrogen and oxygen atoms in total. The normalized spacial score (nSPS) is 14.4. The third-order valence-electron chi connectivity index (χ3n) is 5.47. The van der Waals surface area contributed by atoms with Gasteiger partial charge in [-0.1, -0.05) is 42.5 Å². The van der Waals surface area contributed by atoms with Gasteiger partial charge in [0.15, 0.2) is 0 Å². The van der Waals surface area contributed by atoms with Crippen LogP contribution in [0.3, 0.4) is 0 Å². The fraction of sp³-hybridized carbons (Fsp3) is 0.240. The number of ether oxygens (including phenoxy) is 3. The van der Waals surface area contributed by atoms with Crippen molar-refractivity contribution in [3.8, 4) is 22.6 Å². The third kappa shape index (κ3) is 5.12. The van der Waals surface area contributed by atoms with Gasteiger partial charge in [0.2, 0.25) is 6.10 Å². The van der Waals surface area contributed by atoms with Gasteiger partial charge >= 0.3 is 0 Å². The van der Waals surface area contributed by atoms with E-state index in [4.69, 9.17) is 14.2 Å². The van der Waals surface area contributed by atoms with E-state index in [9.17, 15) is 14.9 Å². The van der Waals surface area contributed by atoms with Gasteiger partial charge < -0.3 is 19.1 Å². The van der Waals surface area contributed by atoms with Crippen molar-refractivity contribution in [1.29, 1.82) is 0 Å². The lowest BCUT2D eigenvalue weighted by Crippen LogP contribution is -2.44. The molecule has 0 aliphatic carbocycles. The Morgan fingerprint density at radius 1 is 1.03 bits per heavy atom. The van der Waals surface area contributed by atoms with Gasteiger partial charge in [-0.2, -0.15) is 0 Å². The Bertz CT molecular complexity index is 1110. The second kappa shape index (κ2) is 10.1. The summed E-state index contributed by atoms with van der Waals surface area (Å²) in [5, 5.41) is 11.4. The minimum absolute atomic E-state index is 0.0658. The Hall–Kier alpha value is -3.91. The van der Waals surface area contributed by atoms with E-state index < -0.39 is 11.0 Å². The second-order valence-electron chi connectivity index (χ2n) is 7.51. The maximum absolute atomic E-state index is 13.4. The summed E-state index contributed by atoms with van der Waals surface area (Å²) in [6, 6.07) is 20.7. The van der Waals surface area contributed by atoms with Crippen LogP contribution in [0.1, 0.15) is 11.7 Å². The molecular weight excluding hydrogens is 424 g/mol. The average molecular weight is 448 g/mol. The van der Waals surface area contributed by atoms with Crippen molar-refractivity contribution in [2.24, 2.45) is 0 Å². The molecule has 0 aromatic heterocycles. The van der Waals surface area contributed by atoms with Crippen LogP contribution in [0.15, 0.2) is 72.8 Å². The second-order valence-corrected chi connectivity index (χ2v) is 7.51. The van der Waals surface area contributed by atoms with E-state index >= 15 is 0 Å². The van der Waals surface area contributed by atoms with Crippen molar-refractivity contribution >= 4 is 11.6 Å². The van der Waals surface area contributed by atoms with Crippen molar-refractivity contribution < 1.29 is 23.9 Å². The predicted molar refractivity (Wildman–Crippen MR) is 122 cm³/mol. The first-order valence-corrected chi connectivity index (χ1v) is 10.6. The number of nitro benzene ring substituents is 1. The largest absolute Gasteiger partial charge is 0.497 e. The van der Waals surface area contributed by atoms with Crippen molar-refractivity contribution in [3.05, 3.63) is 88.5 Å². The van der Waals surface area contributed by atoms with Crippen molar-refractivity contribution in [3.63, 3.8) is 0 Å². The zero-order chi connectivity index (χ0) is 23.2. The number of hydrogen-bond donors (Lipinski definition) is 0. The zero-order valence-electron chi connectivity index (χ0n) is 18.2. The summed E-state index contributed by atoms with van der Waals surface area (Å²) in [5.41, 5.74) is 1.86. The van der Waals surface area contributed by atoms with Gasteiger partial charge in [-0.25, -0.2) is 0 Å². The smallest absolute Gasteiger partial charge is 0.270 e. The fourth-order valence-corrected chi connectivity index (χ4v) is 3.70. The highest BCUT2D eigenvalue weighted by atomic mass is 16.6. The summed E-state index contributed by atoms with van der Waals surface area (Å²) in [7, 11) is 1.57. The number of amides is 1. The van der Waals surface area contributed by atoms with E-state index in [2.05, 4.69) is 0 Å². The number of rotatable bonds is 7. The molecule has 4 rings (SSSR count). The molecule has 1 heterocycles. The van der Waals surface area contributed by atoms with Crippen LogP contribution in [0, 0.1) is 10.1 Å². The molecule has 0 saturated carbocycles. The molecule has 8 heteroatoms. The fourth-order valence-electron chi connectivity index (χ4n) is 3.70. The highest BCUT2D eigenvalue weighted by Gasteiger charge is 2.30. The highest BCUT2D eigenvalue weighted by Crippen LogP contribution is 2.37. The quantitative estimate of drug-likeness (QED) is 0.396. The molecule has 0 unspecified atom stereocenters. The van der Waals surface area contributed by atoms with Crippen LogP contribution in [0.5, 0.6) is 11.5 Å². The summed E-state index contributed by atoms with van der Waals surface area (Å²) in [4.78, 5) is 26.1. The molecule has 1 amide bonds. The molecule has 1 fully saturated rings. The Labute approximate surface area is 191 Å². The number of benzene rings is 3. The topological polar surface area (TPSA) is 91.1 Å². The molecular formula is C25H24N2O6. The molecule has 0 bridgehead atoms. The number of nitro groups is 1. The Morgan fingerprint density at radius 3 is 2.36 bits per heavy atom. The molecule has 3 aromatic carbocycles. The lowest BCUT2D eigenvalue weighted by atomic mass is 10.0. The van der Waals surface area contributed by atoms with Crippen LogP contribution < -0.4 is 9.47 Å². The monoisotopic (exact) mass is 448 g/mol. The van der Waals surface area contributed by atoms with Crippen molar-refractivity contribution in [2.45, 2.75) is 6.10 Å². The Morgan fingerprint density at radius 2 is 1.73 bits per heavy atom. The van der Waals surface area contributed by atoms with Crippen LogP contribution >= 0.6 is 0 Å². The maximum Gasteiger partial charge on any atom is 0.270 e. The molecule has 1 atom stereocenters. The molecule has 0 radical (unpaired) electrons. The number of methoxy groups -OCH3 is 1. The van der Waals surface area contributed by atoms with E-state index in [1.54, 1.807) is 42.3 Å². The SMILES string of the molecule is COc1ccc(-c2cc([N+](=O)[O-])ccc2O[C@H](C(=O)N2CCOCC2)c2ccccc2)cc1. The summed E-state index contributed by atoms with van der Waals surface area (Å²) >= 11 is 0. The summed E-state index contributed by atoms with van der Waals surface area (Å²) < 4.78 is 16.9. The molecule has 0 N–H and O–H groups in total. The molecule has 1 saturated heterocycles. The average Bonchev–Trinajstić information content (AvgIpc) is 2.88. The van der Waals surface area contributed by atoms with Gasteiger partial charge in [-0.3, -0.25) is 14.9 Å². The predicted octanol–water partition coefficient (Wildman–Crippen LogP) is 4.25. The van der Waals surface area contributed by atoms with E-state index in [1.807, 2.05) is 30.3 Å². The lowest BCUT2D eigenvalue weighted by Gasteiger charge is -2.31. The van der Waals surface area contributed by atoms with Crippen LogP contribution in [-0.4, -0.2) is 49.1 Å². The number of morpholine rings is 1. The summed E-state index contributed by atoms with van der Waals surface area (Å²) in [5.74, 6) is 0.862. The third-order valence-corrected chi connectivity index (χ3v) is 5.47. The maximum atomic E-state index is 13.4. The van der Waals surface area contributed by atoms with Gasteiger partial charge in [-0.05, 0) is 23.8 Å². The van der Waals surface area contributed by atoms with Gasteiger partial charge in [0.25, 0.3) is 11.6 Å². The molecule has 1 aliphatic rings. The first-order valence-electron chi connectivity index (χ1n) is 10.6. The number of carbonyl (C=O) groups is 1. The van der Waals surface area contributed by atoms with E-state index in [0.29, 0.717) is 54.5 Å². The molecule has 33 heavy (non-hydrogen) atoms. The first kappa shape index (κ1) is 22.3. The number of nitrogens with zero attached hydrogens (tertiary/aromatic N) is 2. The van der Waals surface area contributed by atoms with E-state index in [-0.39, 0.29) is 11.6 Å². The standard InChI is InChI=1S/C25H24N2O6/c1-31-21-10-7-18(8-11-21)22-17-20(27(29)30)9-12-23(22)33-24(19-5-3-2-4-6-19)25(28)26-13-15-32-16-14-26/h2-12,17,24H,13-16H2,1H3/t24-/m0/s1. The van der Waals surface area contributed by atoms with Gasteiger partial charge in [0, 0.05) is 36.3 Å². The number of hydrogen-bond acceptors (Lipinski definition) is 6. The van der Waals surface area contributed by atoms with Gasteiger partial charge in [0.05, 0.1) is 25.2 Å². The molecule has 3 aromatic rings. The van der Waals surface area contributed by atoms with Crippen LogP contribution in [0.2, 0.25) is 0 Å². The number of carbonyl (C=O) groups excluding carboxylic acids is 1. The van der Waals surface area contributed by atoms with Crippen LogP contribution in [0.4, 0.5) is 5.69 Å². The first-order chi connectivity index (χ1) is 16.1. The molecule has 170 valence electrons. The zero-order valence-corrected chi connectivity index (χ0v) is 18.2. The molecule has 1 aliphatic heterocycles. The Kier molecular flexibility index (Phi) is 6.85.